The van der Waals surface area contributed by atoms with Crippen molar-refractivity contribution in [1.82, 2.24) is 29.8 Å². The van der Waals surface area contributed by atoms with E-state index in [0.29, 0.717) is 21.8 Å². The Morgan fingerprint density at radius 1 is 1.27 bits per heavy atom. The number of thioether (sulfide) groups is 1. The molecule has 0 N–H and O–H groups in total. The average Bonchev–Trinajstić information content (AvgIpc) is 3.15. The zero-order valence-corrected chi connectivity index (χ0v) is 13.9. The number of nitrogens with zero attached hydrogens (tertiary/aromatic N) is 6. The number of rotatable bonds is 6. The monoisotopic (exact) mass is 354 g/mol. The molecule has 0 atom stereocenters. The molecule has 0 spiro atoms. The number of methoxy groups -OCH3 is 1. The van der Waals surface area contributed by atoms with E-state index in [0.717, 1.165) is 17.0 Å². The van der Waals surface area contributed by atoms with Crippen LogP contribution in [0.3, 0.4) is 0 Å². The summed E-state index contributed by atoms with van der Waals surface area (Å²) in [6.07, 6.45) is 0. The summed E-state index contributed by atoms with van der Waals surface area (Å²) in [4.78, 5) is 0. The summed E-state index contributed by atoms with van der Waals surface area (Å²) in [5.74, 6) is 1.40. The fraction of sp³-hybridized carbons (Fsp3) is 0.250. The van der Waals surface area contributed by atoms with Crippen molar-refractivity contribution in [3.05, 3.63) is 39.9 Å². The van der Waals surface area contributed by atoms with Gasteiger partial charge in [-0.1, -0.05) is 40.0 Å². The molecule has 7 nitrogen and oxygen atoms in total. The second-order valence-electron chi connectivity index (χ2n) is 4.25. The first-order chi connectivity index (χ1) is 10.8. The lowest BCUT2D eigenvalue weighted by molar-refractivity contribution is 0.414. The van der Waals surface area contributed by atoms with E-state index in [1.54, 1.807) is 11.8 Å². The van der Waals surface area contributed by atoms with Gasteiger partial charge in [0, 0.05) is 17.3 Å². The van der Waals surface area contributed by atoms with Crippen LogP contribution in [0.25, 0.3) is 0 Å². The van der Waals surface area contributed by atoms with E-state index in [4.69, 9.17) is 16.3 Å². The predicted octanol–water partition coefficient (Wildman–Crippen LogP) is 2.53. The number of benzene rings is 1. The summed E-state index contributed by atoms with van der Waals surface area (Å²) in [5, 5.41) is 16.4. The van der Waals surface area contributed by atoms with E-state index < -0.39 is 0 Å². The van der Waals surface area contributed by atoms with Gasteiger partial charge in [0.1, 0.15) is 15.8 Å². The van der Waals surface area contributed by atoms with E-state index in [9.17, 15) is 0 Å². The largest absolute Gasteiger partial charge is 0.497 e. The van der Waals surface area contributed by atoms with Gasteiger partial charge in [-0.15, -0.1) is 10.2 Å². The standard InChI is InChI=1S/C12H11ClN6OS2/c1-20-9-4-2-8(3-5-9)6-19-12(15-16-17-19)21-7-10-11(13)22-18-14-10/h2-5H,6-7H2,1H3. The third-order valence-electron chi connectivity index (χ3n) is 2.84. The minimum atomic E-state index is 0.582. The molecule has 3 rings (SSSR count). The van der Waals surface area contributed by atoms with Crippen LogP contribution >= 0.6 is 34.9 Å². The van der Waals surface area contributed by atoms with Crippen LogP contribution in [0, 0.1) is 0 Å². The molecule has 0 unspecified atom stereocenters. The maximum Gasteiger partial charge on any atom is 0.210 e. The summed E-state index contributed by atoms with van der Waals surface area (Å²) >= 11 is 8.63. The molecule has 0 aliphatic rings. The minimum absolute atomic E-state index is 0.582. The molecule has 2 aromatic heterocycles. The van der Waals surface area contributed by atoms with Gasteiger partial charge in [0.05, 0.1) is 13.7 Å². The third-order valence-corrected chi connectivity index (χ3v) is 4.79. The molecule has 0 fully saturated rings. The first kappa shape index (κ1) is 15.2. The van der Waals surface area contributed by atoms with Gasteiger partial charge in [-0.25, -0.2) is 4.68 Å². The van der Waals surface area contributed by atoms with E-state index in [1.807, 2.05) is 24.3 Å². The van der Waals surface area contributed by atoms with Crippen molar-refractivity contribution in [2.45, 2.75) is 17.5 Å². The quantitative estimate of drug-likeness (QED) is 0.629. The second-order valence-corrected chi connectivity index (χ2v) is 6.55. The molecule has 2 heterocycles. The van der Waals surface area contributed by atoms with Gasteiger partial charge >= 0.3 is 0 Å². The highest BCUT2D eigenvalue weighted by atomic mass is 35.5. The Bertz CT molecular complexity index is 744. The molecule has 3 aromatic rings. The number of ether oxygens (including phenoxy) is 1. The Balaban J connectivity index is 1.67. The summed E-state index contributed by atoms with van der Waals surface area (Å²) in [6.45, 7) is 0.586. The molecule has 0 amide bonds. The molecular formula is C12H11ClN6OS2. The average molecular weight is 355 g/mol. The first-order valence-electron chi connectivity index (χ1n) is 6.25. The molecule has 0 bridgehead atoms. The van der Waals surface area contributed by atoms with E-state index in [-0.39, 0.29) is 0 Å². The van der Waals surface area contributed by atoms with Gasteiger partial charge in [-0.2, -0.15) is 0 Å². The SMILES string of the molecule is COc1ccc(Cn2nnnc2SCc2nnsc2Cl)cc1. The predicted molar refractivity (Wildman–Crippen MR) is 84.4 cm³/mol. The molecule has 0 aliphatic heterocycles. The molecule has 114 valence electrons. The maximum atomic E-state index is 5.99. The molecule has 0 saturated heterocycles. The topological polar surface area (TPSA) is 78.6 Å². The zero-order chi connectivity index (χ0) is 15.4. The van der Waals surface area contributed by atoms with Crippen molar-refractivity contribution in [3.8, 4) is 5.75 Å². The summed E-state index contributed by atoms with van der Waals surface area (Å²) in [7, 11) is 1.64. The van der Waals surface area contributed by atoms with Gasteiger partial charge < -0.3 is 4.74 Å². The molecule has 0 saturated carbocycles. The fourth-order valence-corrected chi connectivity index (χ4v) is 3.33. The Kier molecular flexibility index (Phi) is 4.86. The Labute approximate surface area is 139 Å². The summed E-state index contributed by atoms with van der Waals surface area (Å²) in [5.41, 5.74) is 1.83. The normalized spacial score (nSPS) is 10.8. The molecule has 0 aliphatic carbocycles. The zero-order valence-electron chi connectivity index (χ0n) is 11.5. The smallest absolute Gasteiger partial charge is 0.210 e. The Morgan fingerprint density at radius 3 is 2.77 bits per heavy atom. The van der Waals surface area contributed by atoms with Crippen molar-refractivity contribution in [1.29, 1.82) is 0 Å². The lowest BCUT2D eigenvalue weighted by Crippen LogP contribution is -2.04. The number of halogens is 1. The van der Waals surface area contributed by atoms with Crippen LogP contribution in [-0.2, 0) is 12.3 Å². The van der Waals surface area contributed by atoms with Crippen LogP contribution in [-0.4, -0.2) is 36.9 Å². The highest BCUT2D eigenvalue weighted by Gasteiger charge is 2.11. The number of tetrazole rings is 1. The van der Waals surface area contributed by atoms with Gasteiger partial charge in [0.2, 0.25) is 5.16 Å². The highest BCUT2D eigenvalue weighted by Crippen LogP contribution is 2.25. The van der Waals surface area contributed by atoms with Gasteiger partial charge in [0.15, 0.2) is 0 Å². The first-order valence-corrected chi connectivity index (χ1v) is 8.38. The van der Waals surface area contributed by atoms with Crippen LogP contribution in [0.4, 0.5) is 0 Å². The van der Waals surface area contributed by atoms with Crippen molar-refractivity contribution in [2.24, 2.45) is 0 Å². The Morgan fingerprint density at radius 2 is 2.09 bits per heavy atom. The maximum absolute atomic E-state index is 5.99. The number of hydrogen-bond acceptors (Lipinski definition) is 8. The van der Waals surface area contributed by atoms with Gasteiger partial charge in [-0.3, -0.25) is 0 Å². The van der Waals surface area contributed by atoms with Crippen molar-refractivity contribution >= 4 is 34.9 Å². The number of aromatic nitrogens is 6. The van der Waals surface area contributed by atoms with Crippen LogP contribution in [0.2, 0.25) is 4.34 Å². The van der Waals surface area contributed by atoms with Crippen molar-refractivity contribution in [2.75, 3.05) is 7.11 Å². The molecular weight excluding hydrogens is 344 g/mol. The van der Waals surface area contributed by atoms with E-state index in [1.165, 1.54) is 23.3 Å². The molecule has 1 aromatic carbocycles. The fourth-order valence-electron chi connectivity index (χ4n) is 1.72. The molecule has 22 heavy (non-hydrogen) atoms. The van der Waals surface area contributed by atoms with E-state index in [2.05, 4.69) is 25.1 Å². The van der Waals surface area contributed by atoms with Crippen LogP contribution in [0.1, 0.15) is 11.3 Å². The minimum Gasteiger partial charge on any atom is -0.497 e. The van der Waals surface area contributed by atoms with Crippen LogP contribution in [0.15, 0.2) is 29.4 Å². The van der Waals surface area contributed by atoms with Crippen LogP contribution in [0.5, 0.6) is 5.75 Å². The molecule has 10 heteroatoms. The van der Waals surface area contributed by atoms with Crippen molar-refractivity contribution in [3.63, 3.8) is 0 Å². The van der Waals surface area contributed by atoms with Gasteiger partial charge in [-0.05, 0) is 28.1 Å². The third kappa shape index (κ3) is 3.54. The summed E-state index contributed by atoms with van der Waals surface area (Å²) < 4.78 is 11.3. The lowest BCUT2D eigenvalue weighted by Gasteiger charge is -2.05. The Hall–Kier alpha value is -1.71. The lowest BCUT2D eigenvalue weighted by atomic mass is 10.2. The van der Waals surface area contributed by atoms with Crippen LogP contribution < -0.4 is 4.74 Å². The highest BCUT2D eigenvalue weighted by molar-refractivity contribution is 7.98. The summed E-state index contributed by atoms with van der Waals surface area (Å²) in [6, 6.07) is 7.78. The second kappa shape index (κ2) is 7.03. The number of hydrogen-bond donors (Lipinski definition) is 0. The molecule has 0 radical (unpaired) electrons. The van der Waals surface area contributed by atoms with Gasteiger partial charge in [0.25, 0.3) is 0 Å². The van der Waals surface area contributed by atoms with E-state index >= 15 is 0 Å². The van der Waals surface area contributed by atoms with Crippen molar-refractivity contribution < 1.29 is 4.74 Å².